The van der Waals surface area contributed by atoms with E-state index < -0.39 is 0 Å². The second kappa shape index (κ2) is 5.33. The summed E-state index contributed by atoms with van der Waals surface area (Å²) in [6, 6.07) is 0. The van der Waals surface area contributed by atoms with E-state index in [1.807, 2.05) is 0 Å². The average molecular weight is 141 g/mol. The third-order valence-corrected chi connectivity index (χ3v) is 1.68. The van der Waals surface area contributed by atoms with Crippen LogP contribution in [-0.2, 0) is 0 Å². The van der Waals surface area contributed by atoms with Gasteiger partial charge in [-0.2, -0.15) is 0 Å². The molecule has 0 saturated carbocycles. The summed E-state index contributed by atoms with van der Waals surface area (Å²) >= 11 is 0. The molecule has 0 rings (SSSR count). The molecule has 1 nitrogen and oxygen atoms in total. The fourth-order valence-corrected chi connectivity index (χ4v) is 1.00. The zero-order valence-corrected chi connectivity index (χ0v) is 6.98. The number of allylic oxidation sites excluding steroid dienone is 2. The van der Waals surface area contributed by atoms with E-state index in [0.717, 1.165) is 25.7 Å². The van der Waals surface area contributed by atoms with E-state index >= 15 is 0 Å². The summed E-state index contributed by atoms with van der Waals surface area (Å²) in [5, 5.41) is 9.35. The van der Waals surface area contributed by atoms with E-state index in [4.69, 9.17) is 0 Å². The van der Waals surface area contributed by atoms with Gasteiger partial charge in [0.05, 0.1) is 5.76 Å². The molecule has 0 saturated heterocycles. The van der Waals surface area contributed by atoms with Gasteiger partial charge in [-0.25, -0.2) is 0 Å². The Morgan fingerprint density at radius 2 is 1.80 bits per heavy atom. The van der Waals surface area contributed by atoms with Crippen LogP contribution in [0.3, 0.4) is 0 Å². The monoisotopic (exact) mass is 141 g/mol. The SMILES string of the molecule is [CH2]CCC(O)=C(CC)CC. The Hall–Kier alpha value is -0.460. The van der Waals surface area contributed by atoms with Crippen molar-refractivity contribution in [3.05, 3.63) is 18.3 Å². The van der Waals surface area contributed by atoms with Crippen molar-refractivity contribution in [2.75, 3.05) is 0 Å². The number of hydrogen-bond acceptors (Lipinski definition) is 1. The Morgan fingerprint density at radius 1 is 1.30 bits per heavy atom. The van der Waals surface area contributed by atoms with E-state index in [2.05, 4.69) is 20.8 Å². The molecule has 0 atom stereocenters. The number of rotatable bonds is 4. The fourth-order valence-electron chi connectivity index (χ4n) is 1.00. The van der Waals surface area contributed by atoms with Gasteiger partial charge >= 0.3 is 0 Å². The molecule has 0 unspecified atom stereocenters. The van der Waals surface area contributed by atoms with Crippen LogP contribution in [0.15, 0.2) is 11.3 Å². The van der Waals surface area contributed by atoms with Crippen LogP contribution in [0.25, 0.3) is 0 Å². The highest BCUT2D eigenvalue weighted by Gasteiger charge is 1.98. The predicted octanol–water partition coefficient (Wildman–Crippen LogP) is 3.23. The summed E-state index contributed by atoms with van der Waals surface area (Å²) < 4.78 is 0. The largest absolute Gasteiger partial charge is 0.512 e. The van der Waals surface area contributed by atoms with Crippen LogP contribution in [0.2, 0.25) is 0 Å². The molecule has 0 spiro atoms. The van der Waals surface area contributed by atoms with Gasteiger partial charge in [0.2, 0.25) is 0 Å². The van der Waals surface area contributed by atoms with E-state index in [0.29, 0.717) is 5.76 Å². The number of aliphatic hydroxyl groups is 1. The Balaban J connectivity index is 3.98. The van der Waals surface area contributed by atoms with Crippen molar-refractivity contribution in [1.29, 1.82) is 0 Å². The van der Waals surface area contributed by atoms with Gasteiger partial charge in [0, 0.05) is 6.42 Å². The van der Waals surface area contributed by atoms with Crippen molar-refractivity contribution in [2.24, 2.45) is 0 Å². The van der Waals surface area contributed by atoms with E-state index in [1.54, 1.807) is 0 Å². The lowest BCUT2D eigenvalue weighted by Gasteiger charge is -2.04. The Bertz CT molecular complexity index is 108. The van der Waals surface area contributed by atoms with Crippen LogP contribution in [0.4, 0.5) is 0 Å². The maximum atomic E-state index is 9.35. The van der Waals surface area contributed by atoms with Gasteiger partial charge in [-0.05, 0) is 24.8 Å². The van der Waals surface area contributed by atoms with Gasteiger partial charge in [0.1, 0.15) is 0 Å². The standard InChI is InChI=1S/C9H17O/c1-4-7-9(10)8(5-2)6-3/h10H,1,4-7H2,2-3H3. The average Bonchev–Trinajstić information content (AvgIpc) is 1.91. The second-order valence-electron chi connectivity index (χ2n) is 2.36. The summed E-state index contributed by atoms with van der Waals surface area (Å²) in [5.74, 6) is 0.556. The zero-order valence-electron chi connectivity index (χ0n) is 6.98. The van der Waals surface area contributed by atoms with E-state index in [9.17, 15) is 5.11 Å². The van der Waals surface area contributed by atoms with Crippen LogP contribution in [0.1, 0.15) is 39.5 Å². The molecule has 0 aromatic rings. The van der Waals surface area contributed by atoms with Crippen LogP contribution in [0.5, 0.6) is 0 Å². The van der Waals surface area contributed by atoms with Gasteiger partial charge < -0.3 is 5.11 Å². The van der Waals surface area contributed by atoms with Gasteiger partial charge in [0.25, 0.3) is 0 Å². The predicted molar refractivity (Wildman–Crippen MR) is 44.8 cm³/mol. The molecular weight excluding hydrogens is 124 g/mol. The molecule has 0 amide bonds. The highest BCUT2D eigenvalue weighted by atomic mass is 16.3. The first kappa shape index (κ1) is 9.54. The molecule has 1 radical (unpaired) electrons. The van der Waals surface area contributed by atoms with Crippen LogP contribution >= 0.6 is 0 Å². The van der Waals surface area contributed by atoms with Crippen LogP contribution < -0.4 is 0 Å². The molecule has 0 aromatic heterocycles. The summed E-state index contributed by atoms with van der Waals surface area (Å²) in [5.41, 5.74) is 1.17. The summed E-state index contributed by atoms with van der Waals surface area (Å²) in [6.45, 7) is 7.82. The quantitative estimate of drug-likeness (QED) is 0.596. The minimum absolute atomic E-state index is 0.556. The smallest absolute Gasteiger partial charge is 0.0914 e. The molecule has 0 aromatic carbocycles. The molecule has 1 heteroatoms. The first-order valence-electron chi connectivity index (χ1n) is 3.95. The zero-order chi connectivity index (χ0) is 7.98. The molecule has 0 aliphatic carbocycles. The Labute approximate surface area is 63.8 Å². The maximum Gasteiger partial charge on any atom is 0.0914 e. The Kier molecular flexibility index (Phi) is 5.09. The number of aliphatic hydroxyl groups excluding tert-OH is 1. The normalized spacial score (nSPS) is 9.50. The summed E-state index contributed by atoms with van der Waals surface area (Å²) in [4.78, 5) is 0. The van der Waals surface area contributed by atoms with Gasteiger partial charge in [-0.3, -0.25) is 0 Å². The molecule has 1 N–H and O–H groups in total. The van der Waals surface area contributed by atoms with Crippen molar-refractivity contribution in [1.82, 2.24) is 0 Å². The fraction of sp³-hybridized carbons (Fsp3) is 0.667. The molecule has 0 aliphatic rings. The third kappa shape index (κ3) is 2.90. The molecule has 0 bridgehead atoms. The highest BCUT2D eigenvalue weighted by molar-refractivity contribution is 5.06. The van der Waals surface area contributed by atoms with Gasteiger partial charge in [-0.1, -0.05) is 20.8 Å². The van der Waals surface area contributed by atoms with Gasteiger partial charge in [-0.15, -0.1) is 0 Å². The van der Waals surface area contributed by atoms with E-state index in [1.165, 1.54) is 5.57 Å². The van der Waals surface area contributed by atoms with Crippen LogP contribution in [0, 0.1) is 6.92 Å². The van der Waals surface area contributed by atoms with E-state index in [-0.39, 0.29) is 0 Å². The van der Waals surface area contributed by atoms with Crippen molar-refractivity contribution in [3.63, 3.8) is 0 Å². The molecular formula is C9H17O. The minimum Gasteiger partial charge on any atom is -0.512 e. The third-order valence-electron chi connectivity index (χ3n) is 1.68. The molecule has 10 heavy (non-hydrogen) atoms. The number of hydrogen-bond donors (Lipinski definition) is 1. The highest BCUT2D eigenvalue weighted by Crippen LogP contribution is 2.13. The van der Waals surface area contributed by atoms with Crippen molar-refractivity contribution in [2.45, 2.75) is 39.5 Å². The lowest BCUT2D eigenvalue weighted by molar-refractivity contribution is 0.377. The lowest BCUT2D eigenvalue weighted by atomic mass is 10.1. The first-order valence-corrected chi connectivity index (χ1v) is 3.95. The molecule has 0 aliphatic heterocycles. The lowest BCUT2D eigenvalue weighted by Crippen LogP contribution is -1.88. The van der Waals surface area contributed by atoms with Gasteiger partial charge in [0.15, 0.2) is 0 Å². The minimum atomic E-state index is 0.556. The summed E-state index contributed by atoms with van der Waals surface area (Å²) in [6.07, 6.45) is 3.44. The molecule has 0 heterocycles. The first-order chi connectivity index (χ1) is 4.76. The Morgan fingerprint density at radius 3 is 2.10 bits per heavy atom. The van der Waals surface area contributed by atoms with Crippen molar-refractivity contribution >= 4 is 0 Å². The van der Waals surface area contributed by atoms with Crippen LogP contribution in [-0.4, -0.2) is 5.11 Å². The molecule has 59 valence electrons. The second-order valence-corrected chi connectivity index (χ2v) is 2.36. The topological polar surface area (TPSA) is 20.2 Å². The van der Waals surface area contributed by atoms with Crippen molar-refractivity contribution in [3.8, 4) is 0 Å². The molecule has 0 fully saturated rings. The van der Waals surface area contributed by atoms with Crippen molar-refractivity contribution < 1.29 is 5.11 Å². The summed E-state index contributed by atoms with van der Waals surface area (Å²) in [7, 11) is 0. The maximum absolute atomic E-state index is 9.35.